The average molecular weight is 326 g/mol. The van der Waals surface area contributed by atoms with Gasteiger partial charge in [0.2, 0.25) is 0 Å². The molecule has 0 amide bonds. The van der Waals surface area contributed by atoms with Gasteiger partial charge in [0.05, 0.1) is 10.9 Å². The van der Waals surface area contributed by atoms with Crippen molar-refractivity contribution in [1.29, 1.82) is 0 Å². The highest BCUT2D eigenvalue weighted by Crippen LogP contribution is 2.25. The van der Waals surface area contributed by atoms with E-state index in [0.717, 1.165) is 39.9 Å². The molecule has 3 aromatic rings. The normalized spacial score (nSPS) is 11.3. The Morgan fingerprint density at radius 1 is 1.30 bits per heavy atom. The van der Waals surface area contributed by atoms with Crippen molar-refractivity contribution in [2.24, 2.45) is 0 Å². The highest BCUT2D eigenvalue weighted by Gasteiger charge is 2.14. The zero-order valence-electron chi connectivity index (χ0n) is 10.9. The van der Waals surface area contributed by atoms with Crippen molar-refractivity contribution in [3.8, 4) is 0 Å². The lowest BCUT2D eigenvalue weighted by molar-refractivity contribution is 0.756. The average Bonchev–Trinajstić information content (AvgIpc) is 2.97. The van der Waals surface area contributed by atoms with E-state index in [4.69, 9.17) is 28.2 Å². The van der Waals surface area contributed by atoms with Crippen LogP contribution in [0.1, 0.15) is 16.3 Å². The van der Waals surface area contributed by atoms with Crippen LogP contribution in [0.2, 0.25) is 4.34 Å². The number of pyridine rings is 1. The molecule has 0 atom stereocenters. The van der Waals surface area contributed by atoms with Gasteiger partial charge < -0.3 is 4.57 Å². The van der Waals surface area contributed by atoms with Gasteiger partial charge in [-0.15, -0.1) is 22.9 Å². The van der Waals surface area contributed by atoms with Gasteiger partial charge in [0.15, 0.2) is 5.65 Å². The first-order chi connectivity index (χ1) is 9.69. The van der Waals surface area contributed by atoms with Crippen LogP contribution in [0.3, 0.4) is 0 Å². The minimum Gasteiger partial charge on any atom is -0.307 e. The van der Waals surface area contributed by atoms with Gasteiger partial charge in [-0.25, -0.2) is 9.97 Å². The molecule has 6 heteroatoms. The minimum atomic E-state index is 0.549. The predicted octanol–water partition coefficient (Wildman–Crippen LogP) is 4.28. The Hall–Kier alpha value is -1.10. The van der Waals surface area contributed by atoms with Crippen molar-refractivity contribution in [2.75, 3.05) is 5.88 Å². The van der Waals surface area contributed by atoms with E-state index in [1.54, 1.807) is 11.3 Å². The van der Waals surface area contributed by atoms with E-state index < -0.39 is 0 Å². The molecule has 0 aliphatic carbocycles. The summed E-state index contributed by atoms with van der Waals surface area (Å²) in [6.07, 6.45) is 2.55. The number of thiophene rings is 1. The van der Waals surface area contributed by atoms with Gasteiger partial charge in [-0.3, -0.25) is 0 Å². The quantitative estimate of drug-likeness (QED) is 0.670. The molecule has 0 aromatic carbocycles. The van der Waals surface area contributed by atoms with Crippen LogP contribution >= 0.6 is 34.5 Å². The van der Waals surface area contributed by atoms with Crippen LogP contribution in [-0.2, 0) is 13.0 Å². The number of fused-ring (bicyclic) bond motifs is 1. The van der Waals surface area contributed by atoms with Crippen LogP contribution in [0, 0.1) is 6.92 Å². The van der Waals surface area contributed by atoms with Gasteiger partial charge in [0.25, 0.3) is 0 Å². The van der Waals surface area contributed by atoms with E-state index in [1.165, 1.54) is 4.88 Å². The Labute approximate surface area is 131 Å². The molecule has 3 heterocycles. The maximum atomic E-state index is 6.00. The van der Waals surface area contributed by atoms with Crippen molar-refractivity contribution >= 4 is 45.7 Å². The first-order valence-corrected chi connectivity index (χ1v) is 8.03. The van der Waals surface area contributed by atoms with Crippen LogP contribution in [0.5, 0.6) is 0 Å². The van der Waals surface area contributed by atoms with Crippen molar-refractivity contribution < 1.29 is 0 Å². The number of halogens is 2. The first kappa shape index (κ1) is 13.9. The Morgan fingerprint density at radius 2 is 2.15 bits per heavy atom. The minimum absolute atomic E-state index is 0.549. The van der Waals surface area contributed by atoms with E-state index in [9.17, 15) is 0 Å². The lowest BCUT2D eigenvalue weighted by atomic mass is 10.3. The second kappa shape index (κ2) is 5.72. The third kappa shape index (κ3) is 2.55. The van der Waals surface area contributed by atoms with Crippen molar-refractivity contribution in [2.45, 2.75) is 19.9 Å². The molecule has 0 radical (unpaired) electrons. The van der Waals surface area contributed by atoms with Crippen molar-refractivity contribution in [3.63, 3.8) is 0 Å². The van der Waals surface area contributed by atoms with Gasteiger partial charge >= 0.3 is 0 Å². The molecular formula is C14H13Cl2N3S. The molecule has 104 valence electrons. The molecule has 0 spiro atoms. The molecule has 3 aromatic heterocycles. The Morgan fingerprint density at radius 3 is 2.85 bits per heavy atom. The van der Waals surface area contributed by atoms with Crippen molar-refractivity contribution in [3.05, 3.63) is 45.0 Å². The number of aryl methyl sites for hydroxylation is 2. The van der Waals surface area contributed by atoms with E-state index in [2.05, 4.69) is 9.55 Å². The summed E-state index contributed by atoms with van der Waals surface area (Å²) < 4.78 is 2.93. The van der Waals surface area contributed by atoms with E-state index >= 15 is 0 Å². The van der Waals surface area contributed by atoms with Crippen LogP contribution < -0.4 is 0 Å². The van der Waals surface area contributed by atoms with Gasteiger partial charge in [-0.2, -0.15) is 0 Å². The fourth-order valence-electron chi connectivity index (χ4n) is 2.22. The molecule has 0 bridgehead atoms. The maximum absolute atomic E-state index is 6.00. The summed E-state index contributed by atoms with van der Waals surface area (Å²) in [4.78, 5) is 10.4. The van der Waals surface area contributed by atoms with Crippen LogP contribution in [0.15, 0.2) is 24.4 Å². The number of alkyl halides is 1. The number of hydrogen-bond donors (Lipinski definition) is 0. The largest absolute Gasteiger partial charge is 0.307 e. The number of imidazole rings is 1. The molecule has 0 aliphatic heterocycles. The lowest BCUT2D eigenvalue weighted by Crippen LogP contribution is -2.05. The lowest BCUT2D eigenvalue weighted by Gasteiger charge is -2.06. The Bertz CT molecular complexity index is 748. The molecule has 0 unspecified atom stereocenters. The molecular weight excluding hydrogens is 313 g/mol. The third-order valence-corrected chi connectivity index (χ3v) is 4.58. The second-order valence-electron chi connectivity index (χ2n) is 4.56. The molecule has 0 saturated heterocycles. The van der Waals surface area contributed by atoms with Crippen LogP contribution in [0.25, 0.3) is 11.2 Å². The van der Waals surface area contributed by atoms with E-state index in [-0.39, 0.29) is 0 Å². The topological polar surface area (TPSA) is 30.7 Å². The molecule has 0 aliphatic rings. The predicted molar refractivity (Wildman–Crippen MR) is 85.1 cm³/mol. The zero-order valence-corrected chi connectivity index (χ0v) is 13.3. The molecule has 3 nitrogen and oxygen atoms in total. The number of nitrogens with zero attached hydrogens (tertiary/aromatic N) is 3. The van der Waals surface area contributed by atoms with E-state index in [1.807, 2.05) is 31.3 Å². The van der Waals surface area contributed by atoms with Gasteiger partial charge in [-0.1, -0.05) is 11.6 Å². The maximum Gasteiger partial charge on any atom is 0.160 e. The highest BCUT2D eigenvalue weighted by atomic mass is 35.5. The molecule has 3 rings (SSSR count). The summed E-state index contributed by atoms with van der Waals surface area (Å²) in [6, 6.07) is 5.94. The second-order valence-corrected chi connectivity index (χ2v) is 6.74. The number of aromatic nitrogens is 3. The fraction of sp³-hybridized carbons (Fsp3) is 0.286. The summed E-state index contributed by atoms with van der Waals surface area (Å²) in [5, 5.41) is 0. The van der Waals surface area contributed by atoms with Crippen LogP contribution in [0.4, 0.5) is 0 Å². The standard InChI is InChI=1S/C14H13Cl2N3S/c1-9-5-7-17-14-13(9)18-12(4-6-15)19(14)8-10-2-3-11(16)20-10/h2-3,5,7H,4,6,8H2,1H3. The smallest absolute Gasteiger partial charge is 0.160 e. The van der Waals surface area contributed by atoms with E-state index in [0.29, 0.717) is 5.88 Å². The highest BCUT2D eigenvalue weighted by molar-refractivity contribution is 7.16. The monoisotopic (exact) mass is 325 g/mol. The third-order valence-electron chi connectivity index (χ3n) is 3.18. The first-order valence-electron chi connectivity index (χ1n) is 6.30. The number of hydrogen-bond acceptors (Lipinski definition) is 3. The summed E-state index contributed by atoms with van der Waals surface area (Å²) in [5.41, 5.74) is 3.00. The Kier molecular flexibility index (Phi) is 3.96. The molecule has 0 fully saturated rings. The SMILES string of the molecule is Cc1ccnc2c1nc(CCCl)n2Cc1ccc(Cl)s1. The summed E-state index contributed by atoms with van der Waals surface area (Å²) >= 11 is 13.5. The summed E-state index contributed by atoms with van der Waals surface area (Å²) in [7, 11) is 0. The zero-order chi connectivity index (χ0) is 14.1. The summed E-state index contributed by atoms with van der Waals surface area (Å²) in [5.74, 6) is 1.52. The van der Waals surface area contributed by atoms with Gasteiger partial charge in [0.1, 0.15) is 11.3 Å². The van der Waals surface area contributed by atoms with Crippen molar-refractivity contribution in [1.82, 2.24) is 14.5 Å². The number of rotatable bonds is 4. The molecule has 20 heavy (non-hydrogen) atoms. The molecule has 0 N–H and O–H groups in total. The Balaban J connectivity index is 2.11. The summed E-state index contributed by atoms with van der Waals surface area (Å²) in [6.45, 7) is 2.78. The molecule has 0 saturated carbocycles. The van der Waals surface area contributed by atoms with Gasteiger partial charge in [-0.05, 0) is 30.7 Å². The van der Waals surface area contributed by atoms with Crippen LogP contribution in [-0.4, -0.2) is 20.4 Å². The van der Waals surface area contributed by atoms with Gasteiger partial charge in [0, 0.05) is 23.4 Å². The fourth-order valence-corrected chi connectivity index (χ4v) is 3.46.